The molecular formula is C28H32ClN5O4S2. The monoisotopic (exact) mass is 601 g/mol. The molecule has 0 radical (unpaired) electrons. The number of para-hydroxylation sites is 1. The number of halogens is 1. The highest BCUT2D eigenvalue weighted by Gasteiger charge is 2.21. The van der Waals surface area contributed by atoms with E-state index in [0.29, 0.717) is 13.1 Å². The lowest BCUT2D eigenvalue weighted by atomic mass is 10.1. The van der Waals surface area contributed by atoms with Crippen LogP contribution in [0.3, 0.4) is 0 Å². The van der Waals surface area contributed by atoms with Gasteiger partial charge in [-0.25, -0.2) is 13.4 Å². The summed E-state index contributed by atoms with van der Waals surface area (Å²) in [6, 6.07) is 19.1. The van der Waals surface area contributed by atoms with Gasteiger partial charge in [-0.15, -0.1) is 12.4 Å². The molecule has 0 spiro atoms. The molecule has 1 aliphatic heterocycles. The summed E-state index contributed by atoms with van der Waals surface area (Å²) in [5.41, 5.74) is 2.47. The highest BCUT2D eigenvalue weighted by Crippen LogP contribution is 2.31. The zero-order valence-electron chi connectivity index (χ0n) is 22.3. The third-order valence-corrected chi connectivity index (χ3v) is 9.15. The molecule has 1 fully saturated rings. The number of sulfonamides is 1. The van der Waals surface area contributed by atoms with Crippen LogP contribution in [-0.4, -0.2) is 70.6 Å². The summed E-state index contributed by atoms with van der Waals surface area (Å²) in [4.78, 5) is 22.5. The minimum Gasteiger partial charge on any atom is -0.497 e. The van der Waals surface area contributed by atoms with Crippen LogP contribution in [0.1, 0.15) is 15.9 Å². The first kappa shape index (κ1) is 29.6. The van der Waals surface area contributed by atoms with Gasteiger partial charge in [-0.1, -0.05) is 41.2 Å². The first-order valence-corrected chi connectivity index (χ1v) is 15.0. The Balaban J connectivity index is 0.00000370. The van der Waals surface area contributed by atoms with E-state index in [4.69, 9.17) is 9.72 Å². The van der Waals surface area contributed by atoms with Crippen molar-refractivity contribution in [1.29, 1.82) is 0 Å². The first-order valence-electron chi connectivity index (χ1n) is 12.7. The minimum atomic E-state index is -3.82. The van der Waals surface area contributed by atoms with E-state index < -0.39 is 10.0 Å². The normalized spacial score (nSPS) is 14.0. The topological polar surface area (TPSA) is 104 Å². The Labute approximate surface area is 244 Å². The van der Waals surface area contributed by atoms with Gasteiger partial charge in [0.05, 0.1) is 33.5 Å². The summed E-state index contributed by atoms with van der Waals surface area (Å²) in [5.74, 6) is 0.511. The van der Waals surface area contributed by atoms with Crippen molar-refractivity contribution >= 4 is 60.7 Å². The molecule has 2 heterocycles. The molecule has 12 heteroatoms. The number of anilines is 2. The van der Waals surface area contributed by atoms with Gasteiger partial charge >= 0.3 is 0 Å². The van der Waals surface area contributed by atoms with E-state index in [-0.39, 0.29) is 34.5 Å². The third kappa shape index (κ3) is 6.84. The number of hydrogen-bond donors (Lipinski definition) is 2. The second-order valence-electron chi connectivity index (χ2n) is 9.38. The number of thiazole rings is 1. The number of nitrogens with one attached hydrogen (secondary N) is 2. The number of aryl methyl sites for hydroxylation is 1. The number of amides is 1. The molecule has 2 N–H and O–H groups in total. The second kappa shape index (κ2) is 12.9. The van der Waals surface area contributed by atoms with Crippen molar-refractivity contribution in [3.05, 3.63) is 77.9 Å². The number of piperazine rings is 1. The number of fused-ring (bicyclic) bond motifs is 1. The predicted octanol–water partition coefficient (Wildman–Crippen LogP) is 4.39. The van der Waals surface area contributed by atoms with Crippen molar-refractivity contribution < 1.29 is 17.9 Å². The fraction of sp³-hybridized carbons (Fsp3) is 0.286. The van der Waals surface area contributed by atoms with Crippen molar-refractivity contribution in [1.82, 2.24) is 15.2 Å². The summed E-state index contributed by atoms with van der Waals surface area (Å²) >= 11 is 1.67. The Kier molecular flexibility index (Phi) is 9.52. The Hall–Kier alpha value is -3.38. The lowest BCUT2D eigenvalue weighted by Crippen LogP contribution is -2.48. The average Bonchev–Trinajstić information content (AvgIpc) is 3.37. The van der Waals surface area contributed by atoms with E-state index in [2.05, 4.69) is 19.8 Å². The van der Waals surface area contributed by atoms with Crippen molar-refractivity contribution in [3.8, 4) is 5.75 Å². The van der Waals surface area contributed by atoms with Gasteiger partial charge in [0.25, 0.3) is 15.9 Å². The maximum atomic E-state index is 13.0. The molecule has 0 unspecified atom stereocenters. The first-order chi connectivity index (χ1) is 18.8. The van der Waals surface area contributed by atoms with Crippen LogP contribution in [-0.2, 0) is 10.0 Å². The zero-order valence-corrected chi connectivity index (χ0v) is 24.7. The summed E-state index contributed by atoms with van der Waals surface area (Å²) in [6.07, 6.45) is 0. The summed E-state index contributed by atoms with van der Waals surface area (Å²) in [7, 11) is -2.15. The molecule has 3 aromatic carbocycles. The van der Waals surface area contributed by atoms with Gasteiger partial charge in [0, 0.05) is 39.3 Å². The summed E-state index contributed by atoms with van der Waals surface area (Å²) in [5, 5.41) is 3.95. The minimum absolute atomic E-state index is 0. The lowest BCUT2D eigenvalue weighted by Gasteiger charge is -2.34. The van der Waals surface area contributed by atoms with Crippen LogP contribution in [0.15, 0.2) is 71.6 Å². The van der Waals surface area contributed by atoms with Gasteiger partial charge in [-0.05, 0) is 49.4 Å². The molecule has 1 aliphatic rings. The van der Waals surface area contributed by atoms with E-state index in [0.717, 1.165) is 52.8 Å². The van der Waals surface area contributed by atoms with Crippen LogP contribution < -0.4 is 19.7 Å². The molecule has 4 aromatic rings. The smallest absolute Gasteiger partial charge is 0.261 e. The Morgan fingerprint density at radius 1 is 1.02 bits per heavy atom. The Morgan fingerprint density at radius 3 is 2.48 bits per heavy atom. The molecular weight excluding hydrogens is 570 g/mol. The predicted molar refractivity (Wildman–Crippen MR) is 163 cm³/mol. The third-order valence-electron chi connectivity index (χ3n) is 6.69. The standard InChI is InChI=1S/C28H31N5O4S2.ClH/c1-20-7-10-22(11-8-20)39(35,36)31-24-6-4-3-5-23(24)27(34)29-13-14-32-15-17-33(18-16-32)28-30-25-12-9-21(37-2)19-26(25)38-28;/h3-12,19,31H,13-18H2,1-2H3,(H,29,34);1H. The van der Waals surface area contributed by atoms with Crippen LogP contribution in [0.5, 0.6) is 5.75 Å². The van der Waals surface area contributed by atoms with Gasteiger partial charge < -0.3 is 15.0 Å². The molecule has 0 aliphatic carbocycles. The molecule has 1 aromatic heterocycles. The number of carbonyl (C=O) groups excluding carboxylic acids is 1. The lowest BCUT2D eigenvalue weighted by molar-refractivity contribution is 0.0948. The molecule has 0 saturated carbocycles. The van der Waals surface area contributed by atoms with E-state index >= 15 is 0 Å². The molecule has 9 nitrogen and oxygen atoms in total. The Bertz CT molecular complexity index is 1570. The highest BCUT2D eigenvalue weighted by atomic mass is 35.5. The van der Waals surface area contributed by atoms with Crippen molar-refractivity contribution in [2.45, 2.75) is 11.8 Å². The van der Waals surface area contributed by atoms with Crippen LogP contribution >= 0.6 is 23.7 Å². The number of rotatable bonds is 9. The SMILES string of the molecule is COc1ccc2nc(N3CCN(CCNC(=O)c4ccccc4NS(=O)(=O)c4ccc(C)cc4)CC3)sc2c1.Cl. The largest absolute Gasteiger partial charge is 0.497 e. The summed E-state index contributed by atoms with van der Waals surface area (Å²) < 4.78 is 34.7. The molecule has 5 rings (SSSR count). The quantitative estimate of drug-likeness (QED) is 0.293. The van der Waals surface area contributed by atoms with Crippen molar-refractivity contribution in [2.75, 3.05) is 56.0 Å². The van der Waals surface area contributed by atoms with Crippen LogP contribution in [0, 0.1) is 6.92 Å². The van der Waals surface area contributed by atoms with Gasteiger partial charge in [0.2, 0.25) is 0 Å². The van der Waals surface area contributed by atoms with Crippen molar-refractivity contribution in [2.24, 2.45) is 0 Å². The Morgan fingerprint density at radius 2 is 1.75 bits per heavy atom. The number of ether oxygens (including phenoxy) is 1. The number of methoxy groups -OCH3 is 1. The van der Waals surface area contributed by atoms with Gasteiger partial charge in [-0.2, -0.15) is 0 Å². The fourth-order valence-electron chi connectivity index (χ4n) is 4.43. The van der Waals surface area contributed by atoms with Crippen molar-refractivity contribution in [3.63, 3.8) is 0 Å². The highest BCUT2D eigenvalue weighted by molar-refractivity contribution is 7.92. The van der Waals surface area contributed by atoms with Crippen LogP contribution in [0.25, 0.3) is 10.2 Å². The van der Waals surface area contributed by atoms with Gasteiger partial charge in [0.15, 0.2) is 5.13 Å². The van der Waals surface area contributed by atoms with E-state index in [1.54, 1.807) is 67.0 Å². The van der Waals surface area contributed by atoms with Crippen LogP contribution in [0.4, 0.5) is 10.8 Å². The van der Waals surface area contributed by atoms with Crippen LogP contribution in [0.2, 0.25) is 0 Å². The molecule has 40 heavy (non-hydrogen) atoms. The number of aromatic nitrogens is 1. The number of carbonyl (C=O) groups is 1. The molecule has 0 atom stereocenters. The van der Waals surface area contributed by atoms with Gasteiger partial charge in [0.1, 0.15) is 5.75 Å². The molecule has 212 valence electrons. The zero-order chi connectivity index (χ0) is 27.4. The van der Waals surface area contributed by atoms with E-state index in [1.807, 2.05) is 25.1 Å². The van der Waals surface area contributed by atoms with E-state index in [9.17, 15) is 13.2 Å². The van der Waals surface area contributed by atoms with E-state index in [1.165, 1.54) is 0 Å². The second-order valence-corrected chi connectivity index (χ2v) is 12.1. The number of hydrogen-bond acceptors (Lipinski definition) is 8. The number of benzene rings is 3. The van der Waals surface area contributed by atoms with Gasteiger partial charge in [-0.3, -0.25) is 14.4 Å². The average molecular weight is 602 g/mol. The summed E-state index contributed by atoms with van der Waals surface area (Å²) in [6.45, 7) is 6.49. The molecule has 0 bridgehead atoms. The molecule has 1 amide bonds. The fourth-order valence-corrected chi connectivity index (χ4v) is 6.56. The maximum Gasteiger partial charge on any atom is 0.261 e. The number of nitrogens with zero attached hydrogens (tertiary/aromatic N) is 3. The molecule has 1 saturated heterocycles. The maximum absolute atomic E-state index is 13.0.